The molecule has 5 rings (SSSR count). The van der Waals surface area contributed by atoms with Gasteiger partial charge in [-0.1, -0.05) is 11.3 Å². The quantitative estimate of drug-likeness (QED) is 0.303. The summed E-state index contributed by atoms with van der Waals surface area (Å²) in [5.74, 6) is 0.243. The van der Waals surface area contributed by atoms with Crippen LogP contribution in [0.5, 0.6) is 5.88 Å². The first kappa shape index (κ1) is 28.1. The molecule has 12 nitrogen and oxygen atoms in total. The van der Waals surface area contributed by atoms with E-state index < -0.39 is 17.4 Å². The largest absolute Gasteiger partial charge is 0.481 e. The zero-order valence-corrected chi connectivity index (χ0v) is 24.2. The van der Waals surface area contributed by atoms with Gasteiger partial charge in [0.15, 0.2) is 5.13 Å². The van der Waals surface area contributed by atoms with E-state index in [1.807, 2.05) is 37.8 Å². The third kappa shape index (κ3) is 5.75. The topological polar surface area (TPSA) is 161 Å². The highest BCUT2D eigenvalue weighted by atomic mass is 32.1. The van der Waals surface area contributed by atoms with Crippen LogP contribution in [0.2, 0.25) is 0 Å². The number of fused-ring (bicyclic) bond motifs is 1. The fraction of sp³-hybridized carbons (Fsp3) is 0.393. The summed E-state index contributed by atoms with van der Waals surface area (Å²) in [6, 6.07) is 5.13. The normalized spacial score (nSPS) is 14.8. The minimum atomic E-state index is -0.769. The molecule has 1 aliphatic heterocycles. The minimum Gasteiger partial charge on any atom is -0.481 e. The van der Waals surface area contributed by atoms with Crippen molar-refractivity contribution in [3.8, 4) is 28.3 Å². The molecular formula is C28H32N8O4S. The van der Waals surface area contributed by atoms with E-state index >= 15 is 0 Å². The molecular weight excluding hydrogens is 544 g/mol. The molecule has 0 spiro atoms. The number of aliphatic carboxylic acids is 1. The van der Waals surface area contributed by atoms with Crippen LogP contribution in [0, 0.1) is 5.41 Å². The Kier molecular flexibility index (Phi) is 7.72. The molecule has 1 aliphatic rings. The van der Waals surface area contributed by atoms with Crippen LogP contribution in [0.25, 0.3) is 32.6 Å². The molecule has 0 unspecified atom stereocenters. The van der Waals surface area contributed by atoms with Crippen LogP contribution in [-0.2, 0) is 4.79 Å². The summed E-state index contributed by atoms with van der Waals surface area (Å²) >= 11 is 1.36. The number of carboxylic acid groups (broad SMARTS) is 1. The number of carbonyl (C=O) groups excluding carboxylic acids is 1. The number of anilines is 2. The second kappa shape index (κ2) is 11.2. The molecule has 41 heavy (non-hydrogen) atoms. The van der Waals surface area contributed by atoms with Gasteiger partial charge in [-0.05, 0) is 58.2 Å². The number of nitrogens with zero attached hydrogens (tertiary/aromatic N) is 7. The number of amides is 2. The zero-order valence-electron chi connectivity index (χ0n) is 23.4. The smallest absolute Gasteiger partial charge is 0.321 e. The van der Waals surface area contributed by atoms with Gasteiger partial charge >= 0.3 is 12.0 Å². The van der Waals surface area contributed by atoms with Crippen molar-refractivity contribution in [2.45, 2.75) is 46.6 Å². The van der Waals surface area contributed by atoms with E-state index in [0.717, 1.165) is 21.4 Å². The Morgan fingerprint density at radius 3 is 2.44 bits per heavy atom. The monoisotopic (exact) mass is 576 g/mol. The standard InChI is InChI=1S/C28H32N8O4S/c1-5-36(25(29)39)27-34-21-11-17(10-19(23(21)41-27)20-12-22(33-15-32-20)40-16(2)3)18-13-30-26(31-14-18)35-8-6-28(4,7-9-35)24(37)38/h10-16H,5-9H2,1-4H3,(H2,29,39)(H,37,38). The Bertz CT molecular complexity index is 1580. The average Bonchev–Trinajstić information content (AvgIpc) is 3.36. The molecule has 3 N–H and O–H groups in total. The van der Waals surface area contributed by atoms with Gasteiger partial charge in [-0.25, -0.2) is 29.7 Å². The van der Waals surface area contributed by atoms with Crippen molar-refractivity contribution in [2.24, 2.45) is 11.1 Å². The highest BCUT2D eigenvalue weighted by Crippen LogP contribution is 2.40. The Hall–Kier alpha value is -4.39. The number of primary amides is 1. The van der Waals surface area contributed by atoms with Crippen molar-refractivity contribution >= 4 is 44.6 Å². The number of aromatic nitrogens is 5. The van der Waals surface area contributed by atoms with E-state index in [1.54, 1.807) is 25.4 Å². The number of carbonyl (C=O) groups is 2. The minimum absolute atomic E-state index is 0.0544. The maximum absolute atomic E-state index is 12.1. The lowest BCUT2D eigenvalue weighted by molar-refractivity contribution is -0.149. The number of piperidine rings is 1. The van der Waals surface area contributed by atoms with Crippen LogP contribution >= 0.6 is 11.3 Å². The molecule has 1 aromatic carbocycles. The van der Waals surface area contributed by atoms with Crippen molar-refractivity contribution in [2.75, 3.05) is 29.4 Å². The van der Waals surface area contributed by atoms with Crippen molar-refractivity contribution in [3.05, 3.63) is 36.9 Å². The molecule has 0 atom stereocenters. The molecule has 13 heteroatoms. The number of nitrogens with two attached hydrogens (primary N) is 1. The van der Waals surface area contributed by atoms with Gasteiger partial charge in [-0.15, -0.1) is 0 Å². The third-order valence-corrected chi connectivity index (χ3v) is 8.33. The van der Waals surface area contributed by atoms with E-state index in [9.17, 15) is 14.7 Å². The fourth-order valence-corrected chi connectivity index (χ4v) is 5.86. The van der Waals surface area contributed by atoms with E-state index in [0.29, 0.717) is 60.6 Å². The molecule has 0 radical (unpaired) electrons. The van der Waals surface area contributed by atoms with E-state index in [2.05, 4.69) is 19.9 Å². The van der Waals surface area contributed by atoms with Gasteiger partial charge in [0.05, 0.1) is 27.4 Å². The van der Waals surface area contributed by atoms with Crippen molar-refractivity contribution in [3.63, 3.8) is 0 Å². The molecule has 1 saturated heterocycles. The van der Waals surface area contributed by atoms with Crippen LogP contribution in [0.3, 0.4) is 0 Å². The zero-order chi connectivity index (χ0) is 29.3. The third-order valence-electron chi connectivity index (χ3n) is 7.20. The van der Waals surface area contributed by atoms with Gasteiger partial charge < -0.3 is 20.5 Å². The number of rotatable bonds is 8. The number of ether oxygens (including phenoxy) is 1. The van der Waals surface area contributed by atoms with Gasteiger partial charge in [0.1, 0.15) is 6.33 Å². The maximum atomic E-state index is 12.1. The van der Waals surface area contributed by atoms with Gasteiger partial charge in [0.2, 0.25) is 11.8 Å². The van der Waals surface area contributed by atoms with Crippen molar-refractivity contribution < 1.29 is 19.4 Å². The number of carboxylic acids is 1. The summed E-state index contributed by atoms with van der Waals surface area (Å²) in [4.78, 5) is 49.8. The molecule has 4 aromatic rings. The summed E-state index contributed by atoms with van der Waals surface area (Å²) < 4.78 is 6.64. The van der Waals surface area contributed by atoms with Crippen LogP contribution in [0.1, 0.15) is 40.5 Å². The lowest BCUT2D eigenvalue weighted by Gasteiger charge is -2.36. The number of benzene rings is 1. The summed E-state index contributed by atoms with van der Waals surface area (Å²) in [6.07, 6.45) is 5.96. The first-order chi connectivity index (χ1) is 19.6. The fourth-order valence-electron chi connectivity index (χ4n) is 4.72. The van der Waals surface area contributed by atoms with Gasteiger partial charge in [-0.3, -0.25) is 9.69 Å². The maximum Gasteiger partial charge on any atom is 0.321 e. The summed E-state index contributed by atoms with van der Waals surface area (Å²) in [6.45, 7) is 9.01. The van der Waals surface area contributed by atoms with Crippen LogP contribution in [-0.4, -0.2) is 67.8 Å². The Balaban J connectivity index is 1.53. The van der Waals surface area contributed by atoms with Crippen LogP contribution in [0.4, 0.5) is 15.9 Å². The van der Waals surface area contributed by atoms with Crippen LogP contribution < -0.4 is 20.3 Å². The first-order valence-corrected chi connectivity index (χ1v) is 14.2. The SMILES string of the molecule is CCN(C(N)=O)c1nc2cc(-c3cnc(N4CCC(C)(C(=O)O)CC4)nc3)cc(-c3cc(OC(C)C)ncn3)c2s1. The van der Waals surface area contributed by atoms with E-state index in [1.165, 1.54) is 22.6 Å². The molecule has 4 heterocycles. The second-order valence-corrected chi connectivity index (χ2v) is 11.5. The molecule has 1 fully saturated rings. The highest BCUT2D eigenvalue weighted by Gasteiger charge is 2.37. The summed E-state index contributed by atoms with van der Waals surface area (Å²) in [5, 5.41) is 10.0. The summed E-state index contributed by atoms with van der Waals surface area (Å²) in [5.41, 5.74) is 8.60. The summed E-state index contributed by atoms with van der Waals surface area (Å²) in [7, 11) is 0. The Labute approximate surface area is 241 Å². The van der Waals surface area contributed by atoms with Crippen LogP contribution in [0.15, 0.2) is 36.9 Å². The van der Waals surface area contributed by atoms with Gasteiger partial charge in [-0.2, -0.15) is 0 Å². The van der Waals surface area contributed by atoms with E-state index in [-0.39, 0.29) is 6.10 Å². The Morgan fingerprint density at radius 2 is 1.83 bits per heavy atom. The number of hydrogen-bond acceptors (Lipinski definition) is 10. The number of hydrogen-bond donors (Lipinski definition) is 2. The Morgan fingerprint density at radius 1 is 1.12 bits per heavy atom. The molecule has 3 aromatic heterocycles. The van der Waals surface area contributed by atoms with Gasteiger partial charge in [0, 0.05) is 49.2 Å². The predicted molar refractivity (Wildman–Crippen MR) is 157 cm³/mol. The van der Waals surface area contributed by atoms with Crippen molar-refractivity contribution in [1.29, 1.82) is 0 Å². The van der Waals surface area contributed by atoms with E-state index in [4.69, 9.17) is 15.5 Å². The lowest BCUT2D eigenvalue weighted by Crippen LogP contribution is -2.43. The molecule has 0 saturated carbocycles. The predicted octanol–water partition coefficient (Wildman–Crippen LogP) is 4.59. The van der Waals surface area contributed by atoms with Gasteiger partial charge in [0.25, 0.3) is 0 Å². The molecule has 0 bridgehead atoms. The molecule has 2 amide bonds. The first-order valence-electron chi connectivity index (χ1n) is 13.4. The lowest BCUT2D eigenvalue weighted by atomic mass is 9.80. The van der Waals surface area contributed by atoms with Crippen molar-refractivity contribution in [1.82, 2.24) is 24.9 Å². The number of thiazole rings is 1. The molecule has 214 valence electrons. The highest BCUT2D eigenvalue weighted by molar-refractivity contribution is 7.23. The average molecular weight is 577 g/mol. The molecule has 0 aliphatic carbocycles. The second-order valence-electron chi connectivity index (χ2n) is 10.5. The number of urea groups is 1.